The Morgan fingerprint density at radius 1 is 1.37 bits per heavy atom. The number of benzene rings is 1. The summed E-state index contributed by atoms with van der Waals surface area (Å²) in [5, 5.41) is 13.7. The van der Waals surface area contributed by atoms with Gasteiger partial charge in [0.25, 0.3) is 0 Å². The molecule has 1 aromatic rings. The Balaban J connectivity index is 2.50. The number of urea groups is 1. The molecule has 0 radical (unpaired) electrons. The molecule has 106 valence electrons. The summed E-state index contributed by atoms with van der Waals surface area (Å²) >= 11 is 0. The fraction of sp³-hybridized carbons (Fsp3) is 0.364. The topological polar surface area (TPSA) is 70.6 Å². The summed E-state index contributed by atoms with van der Waals surface area (Å²) < 4.78 is 39.4. The number of anilines is 1. The summed E-state index contributed by atoms with van der Waals surface area (Å²) in [4.78, 5) is 11.3. The van der Waals surface area contributed by atoms with Gasteiger partial charge in [0.15, 0.2) is 0 Å². The van der Waals surface area contributed by atoms with E-state index in [1.807, 2.05) is 0 Å². The molecule has 0 fully saturated rings. The van der Waals surface area contributed by atoms with Crippen LogP contribution in [-0.4, -0.2) is 30.1 Å². The highest BCUT2D eigenvalue weighted by Gasteiger charge is 2.30. The molecule has 0 bridgehead atoms. The number of aliphatic hydroxyl groups is 1. The van der Waals surface area contributed by atoms with Crippen molar-refractivity contribution in [2.45, 2.75) is 19.4 Å². The number of hydrogen-bond donors (Lipinski definition) is 3. The molecule has 0 aliphatic heterocycles. The number of carbonyl (C=O) groups excluding carboxylic acids is 1. The zero-order valence-corrected chi connectivity index (χ0v) is 9.99. The minimum absolute atomic E-state index is 0.0705. The summed E-state index contributed by atoms with van der Waals surface area (Å²) in [5.74, 6) is -0.373. The van der Waals surface area contributed by atoms with E-state index in [1.54, 1.807) is 0 Å². The standard InChI is InChI=1S/C11H13F3N2O3/c1-7(17)6-15-10(18)16-8-2-4-9(5-3-8)19-11(12,13)14/h2-5,7,17H,6H2,1H3,(H2,15,16,18)/t7-/m1/s1. The molecule has 1 atom stereocenters. The van der Waals surface area contributed by atoms with Crippen LogP contribution in [0.15, 0.2) is 24.3 Å². The van der Waals surface area contributed by atoms with Gasteiger partial charge in [0, 0.05) is 12.2 Å². The highest BCUT2D eigenvalue weighted by Crippen LogP contribution is 2.23. The fourth-order valence-electron chi connectivity index (χ4n) is 1.16. The van der Waals surface area contributed by atoms with E-state index in [0.29, 0.717) is 5.69 Å². The highest BCUT2D eigenvalue weighted by molar-refractivity contribution is 5.89. The second-order valence-corrected chi connectivity index (χ2v) is 3.76. The Bertz CT molecular complexity index is 418. The minimum atomic E-state index is -4.75. The summed E-state index contributed by atoms with van der Waals surface area (Å²) in [6.07, 6.45) is -5.43. The normalized spacial score (nSPS) is 12.7. The summed E-state index contributed by atoms with van der Waals surface area (Å²) in [7, 11) is 0. The molecule has 5 nitrogen and oxygen atoms in total. The third-order valence-corrected chi connectivity index (χ3v) is 1.90. The lowest BCUT2D eigenvalue weighted by Gasteiger charge is -2.11. The number of amides is 2. The van der Waals surface area contributed by atoms with Crippen LogP contribution < -0.4 is 15.4 Å². The van der Waals surface area contributed by atoms with E-state index in [0.717, 1.165) is 12.1 Å². The predicted molar refractivity (Wildman–Crippen MR) is 61.8 cm³/mol. The van der Waals surface area contributed by atoms with Crippen LogP contribution in [-0.2, 0) is 0 Å². The van der Waals surface area contributed by atoms with E-state index < -0.39 is 18.5 Å². The van der Waals surface area contributed by atoms with Crippen molar-refractivity contribution in [3.8, 4) is 5.75 Å². The third-order valence-electron chi connectivity index (χ3n) is 1.90. The van der Waals surface area contributed by atoms with Crippen LogP contribution in [0.5, 0.6) is 5.75 Å². The zero-order chi connectivity index (χ0) is 14.5. The van der Waals surface area contributed by atoms with E-state index in [1.165, 1.54) is 19.1 Å². The molecule has 19 heavy (non-hydrogen) atoms. The van der Waals surface area contributed by atoms with Crippen molar-refractivity contribution in [2.24, 2.45) is 0 Å². The first kappa shape index (κ1) is 15.1. The van der Waals surface area contributed by atoms with Crippen molar-refractivity contribution in [1.82, 2.24) is 5.32 Å². The van der Waals surface area contributed by atoms with E-state index in [2.05, 4.69) is 15.4 Å². The molecule has 1 aromatic carbocycles. The van der Waals surface area contributed by atoms with Gasteiger partial charge in [-0.15, -0.1) is 13.2 Å². The quantitative estimate of drug-likeness (QED) is 0.789. The average molecular weight is 278 g/mol. The maximum absolute atomic E-state index is 11.9. The molecule has 0 saturated carbocycles. The summed E-state index contributed by atoms with van der Waals surface area (Å²) in [5.41, 5.74) is 0.303. The first-order chi connectivity index (χ1) is 8.76. The SMILES string of the molecule is C[C@@H](O)CNC(=O)Nc1ccc(OC(F)(F)F)cc1. The third kappa shape index (κ3) is 6.51. The van der Waals surface area contributed by atoms with Gasteiger partial charge in [-0.1, -0.05) is 0 Å². The second-order valence-electron chi connectivity index (χ2n) is 3.76. The predicted octanol–water partition coefficient (Wildman–Crippen LogP) is 2.09. The number of alkyl halides is 3. The van der Waals surface area contributed by atoms with E-state index >= 15 is 0 Å². The van der Waals surface area contributed by atoms with Crippen molar-refractivity contribution in [1.29, 1.82) is 0 Å². The lowest BCUT2D eigenvalue weighted by molar-refractivity contribution is -0.274. The maximum Gasteiger partial charge on any atom is 0.573 e. The number of carbonyl (C=O) groups is 1. The average Bonchev–Trinajstić information content (AvgIpc) is 2.27. The molecule has 0 aliphatic rings. The minimum Gasteiger partial charge on any atom is -0.406 e. The van der Waals surface area contributed by atoms with Crippen LogP contribution in [0.25, 0.3) is 0 Å². The first-order valence-electron chi connectivity index (χ1n) is 5.35. The number of hydrogen-bond acceptors (Lipinski definition) is 3. The smallest absolute Gasteiger partial charge is 0.406 e. The molecule has 0 saturated heterocycles. The van der Waals surface area contributed by atoms with Crippen LogP contribution in [0.2, 0.25) is 0 Å². The van der Waals surface area contributed by atoms with Gasteiger partial charge < -0.3 is 20.5 Å². The van der Waals surface area contributed by atoms with Crippen LogP contribution >= 0.6 is 0 Å². The largest absolute Gasteiger partial charge is 0.573 e. The molecule has 0 heterocycles. The van der Waals surface area contributed by atoms with Crippen molar-refractivity contribution in [2.75, 3.05) is 11.9 Å². The van der Waals surface area contributed by atoms with Crippen LogP contribution in [0, 0.1) is 0 Å². The monoisotopic (exact) mass is 278 g/mol. The lowest BCUT2D eigenvalue weighted by atomic mass is 10.3. The van der Waals surface area contributed by atoms with E-state index in [4.69, 9.17) is 5.11 Å². The molecule has 1 rings (SSSR count). The Hall–Kier alpha value is -1.96. The van der Waals surface area contributed by atoms with E-state index in [9.17, 15) is 18.0 Å². The van der Waals surface area contributed by atoms with Crippen molar-refractivity contribution >= 4 is 11.7 Å². The first-order valence-corrected chi connectivity index (χ1v) is 5.35. The summed E-state index contributed by atoms with van der Waals surface area (Å²) in [6.45, 7) is 1.57. The molecule has 0 spiro atoms. The van der Waals surface area contributed by atoms with Gasteiger partial charge in [0.2, 0.25) is 0 Å². The molecular weight excluding hydrogens is 265 g/mol. The number of rotatable bonds is 4. The van der Waals surface area contributed by atoms with Crippen molar-refractivity contribution in [3.05, 3.63) is 24.3 Å². The zero-order valence-electron chi connectivity index (χ0n) is 9.99. The molecule has 3 N–H and O–H groups in total. The van der Waals surface area contributed by atoms with Gasteiger partial charge in [-0.3, -0.25) is 0 Å². The highest BCUT2D eigenvalue weighted by atomic mass is 19.4. The molecule has 0 unspecified atom stereocenters. The molecule has 0 aliphatic carbocycles. The molecule has 0 aromatic heterocycles. The number of ether oxygens (including phenoxy) is 1. The summed E-state index contributed by atoms with van der Waals surface area (Å²) in [6, 6.07) is 4.13. The number of nitrogens with one attached hydrogen (secondary N) is 2. The second kappa shape index (κ2) is 6.28. The molecular formula is C11H13F3N2O3. The lowest BCUT2D eigenvalue weighted by Crippen LogP contribution is -2.34. The van der Waals surface area contributed by atoms with Gasteiger partial charge in [0.05, 0.1) is 6.10 Å². The van der Waals surface area contributed by atoms with Crippen LogP contribution in [0.3, 0.4) is 0 Å². The van der Waals surface area contributed by atoms with Crippen LogP contribution in [0.1, 0.15) is 6.92 Å². The van der Waals surface area contributed by atoms with Crippen molar-refractivity contribution < 1.29 is 27.8 Å². The van der Waals surface area contributed by atoms with Gasteiger partial charge in [-0.05, 0) is 31.2 Å². The number of halogens is 3. The molecule has 8 heteroatoms. The van der Waals surface area contributed by atoms with Gasteiger partial charge >= 0.3 is 12.4 Å². The van der Waals surface area contributed by atoms with E-state index in [-0.39, 0.29) is 12.3 Å². The Labute approximate surface area is 107 Å². The fourth-order valence-corrected chi connectivity index (χ4v) is 1.16. The van der Waals surface area contributed by atoms with Crippen LogP contribution in [0.4, 0.5) is 23.7 Å². The maximum atomic E-state index is 11.9. The van der Waals surface area contributed by atoms with Gasteiger partial charge in [0.1, 0.15) is 5.75 Å². The Kier molecular flexibility index (Phi) is 4.99. The van der Waals surface area contributed by atoms with Gasteiger partial charge in [-0.25, -0.2) is 4.79 Å². The van der Waals surface area contributed by atoms with Gasteiger partial charge in [-0.2, -0.15) is 0 Å². The Morgan fingerprint density at radius 2 is 1.95 bits per heavy atom. The van der Waals surface area contributed by atoms with Crippen molar-refractivity contribution in [3.63, 3.8) is 0 Å². The Morgan fingerprint density at radius 3 is 2.42 bits per heavy atom. The molecule has 2 amide bonds. The number of aliphatic hydroxyl groups excluding tert-OH is 1.